The average molecular weight is 269 g/mol. The highest BCUT2D eigenvalue weighted by molar-refractivity contribution is 7.90. The molecule has 0 aliphatic rings. The van der Waals surface area contributed by atoms with Crippen molar-refractivity contribution >= 4 is 15.7 Å². The minimum atomic E-state index is -3.23. The number of nitrogens with one attached hydrogen (secondary N) is 1. The van der Waals surface area contributed by atoms with Gasteiger partial charge in [-0.2, -0.15) is 0 Å². The van der Waals surface area contributed by atoms with Crippen molar-refractivity contribution in [2.75, 3.05) is 12.3 Å². The Bertz CT molecular complexity index is 509. The molecule has 4 nitrogen and oxygen atoms in total. The van der Waals surface area contributed by atoms with E-state index in [0.717, 1.165) is 11.1 Å². The molecule has 0 aliphatic carbocycles. The molecule has 0 unspecified atom stereocenters. The lowest BCUT2D eigenvalue weighted by Crippen LogP contribution is -2.25. The average Bonchev–Trinajstić information content (AvgIpc) is 2.26. The summed E-state index contributed by atoms with van der Waals surface area (Å²) >= 11 is 0. The van der Waals surface area contributed by atoms with Crippen LogP contribution in [0, 0.1) is 6.92 Å². The Balaban J connectivity index is 2.57. The third kappa shape index (κ3) is 5.31. The van der Waals surface area contributed by atoms with Crippen LogP contribution in [0.2, 0.25) is 0 Å². The predicted molar refractivity (Wildman–Crippen MR) is 72.0 cm³/mol. The molecule has 100 valence electrons. The van der Waals surface area contributed by atoms with Gasteiger partial charge in [-0.1, -0.05) is 29.8 Å². The van der Waals surface area contributed by atoms with Gasteiger partial charge in [-0.05, 0) is 19.4 Å². The fraction of sp³-hybridized carbons (Fsp3) is 0.462. The normalized spacial score (nSPS) is 11.2. The molecule has 0 atom stereocenters. The van der Waals surface area contributed by atoms with E-state index in [1.54, 1.807) is 13.0 Å². The summed E-state index contributed by atoms with van der Waals surface area (Å²) in [5.41, 5.74) is 1.80. The highest BCUT2D eigenvalue weighted by Crippen LogP contribution is 2.09. The third-order valence-corrected chi connectivity index (χ3v) is 4.08. The van der Waals surface area contributed by atoms with Crippen molar-refractivity contribution in [2.45, 2.75) is 26.0 Å². The minimum absolute atomic E-state index is 0.00587. The summed E-state index contributed by atoms with van der Waals surface area (Å²) in [4.78, 5) is 11.2. The van der Waals surface area contributed by atoms with Crippen molar-refractivity contribution in [2.24, 2.45) is 0 Å². The van der Waals surface area contributed by atoms with Crippen LogP contribution in [0.15, 0.2) is 24.3 Å². The largest absolute Gasteiger partial charge is 0.356 e. The summed E-state index contributed by atoms with van der Waals surface area (Å²) in [5, 5.41) is 2.59. The van der Waals surface area contributed by atoms with Crippen LogP contribution in [-0.4, -0.2) is 26.6 Å². The van der Waals surface area contributed by atoms with Crippen molar-refractivity contribution in [1.29, 1.82) is 0 Å². The highest BCUT2D eigenvalue weighted by atomic mass is 32.2. The minimum Gasteiger partial charge on any atom is -0.356 e. The van der Waals surface area contributed by atoms with Gasteiger partial charge in [-0.25, -0.2) is 8.42 Å². The third-order valence-electron chi connectivity index (χ3n) is 2.48. The molecule has 5 heteroatoms. The summed E-state index contributed by atoms with van der Waals surface area (Å²) in [6.45, 7) is 4.25. The first kappa shape index (κ1) is 14.7. The number of carbonyl (C=O) groups excluding carboxylic acids is 1. The number of carbonyl (C=O) groups is 1. The maximum atomic E-state index is 11.8. The van der Waals surface area contributed by atoms with Crippen LogP contribution in [0.1, 0.15) is 24.5 Å². The lowest BCUT2D eigenvalue weighted by atomic mass is 10.2. The molecule has 0 heterocycles. The second kappa shape index (κ2) is 6.54. The molecule has 18 heavy (non-hydrogen) atoms. The zero-order valence-electron chi connectivity index (χ0n) is 10.8. The van der Waals surface area contributed by atoms with Crippen LogP contribution in [0.4, 0.5) is 0 Å². The summed E-state index contributed by atoms with van der Waals surface area (Å²) < 4.78 is 23.7. The highest BCUT2D eigenvalue weighted by Gasteiger charge is 2.14. The van der Waals surface area contributed by atoms with E-state index in [0.29, 0.717) is 6.54 Å². The van der Waals surface area contributed by atoms with Gasteiger partial charge in [0.25, 0.3) is 0 Å². The molecule has 1 aromatic carbocycles. The quantitative estimate of drug-likeness (QED) is 0.850. The van der Waals surface area contributed by atoms with Gasteiger partial charge in [0, 0.05) is 13.0 Å². The number of aryl methyl sites for hydroxylation is 1. The van der Waals surface area contributed by atoms with Crippen LogP contribution < -0.4 is 5.32 Å². The van der Waals surface area contributed by atoms with Gasteiger partial charge in [0.2, 0.25) is 5.91 Å². The molecule has 1 aromatic rings. The molecular weight excluding hydrogens is 250 g/mol. The van der Waals surface area contributed by atoms with Gasteiger partial charge in [0.15, 0.2) is 9.84 Å². The van der Waals surface area contributed by atoms with Gasteiger partial charge in [0.1, 0.15) is 0 Å². The van der Waals surface area contributed by atoms with Crippen LogP contribution in [0.3, 0.4) is 0 Å². The van der Waals surface area contributed by atoms with Crippen LogP contribution in [-0.2, 0) is 20.4 Å². The van der Waals surface area contributed by atoms with Gasteiger partial charge < -0.3 is 5.32 Å². The zero-order valence-corrected chi connectivity index (χ0v) is 11.6. The molecule has 0 fully saturated rings. The standard InChI is InChI=1S/C13H19NO3S/c1-3-14-13(15)7-8-18(16,17)10-12-6-4-5-11(2)9-12/h4-6,9H,3,7-8,10H2,1-2H3,(H,14,15). The van der Waals surface area contributed by atoms with E-state index in [4.69, 9.17) is 0 Å². The molecule has 0 spiro atoms. The van der Waals surface area contributed by atoms with Gasteiger partial charge in [0.05, 0.1) is 11.5 Å². The van der Waals surface area contributed by atoms with E-state index < -0.39 is 9.84 Å². The van der Waals surface area contributed by atoms with Crippen LogP contribution in [0.25, 0.3) is 0 Å². The van der Waals surface area contributed by atoms with E-state index in [1.165, 1.54) is 0 Å². The fourth-order valence-electron chi connectivity index (χ4n) is 1.66. The number of rotatable bonds is 6. The molecule has 0 aromatic heterocycles. The SMILES string of the molecule is CCNC(=O)CCS(=O)(=O)Cc1cccc(C)c1. The Hall–Kier alpha value is -1.36. The maximum Gasteiger partial charge on any atom is 0.221 e. The second-order valence-electron chi connectivity index (χ2n) is 4.28. The first-order valence-corrected chi connectivity index (χ1v) is 7.78. The number of amides is 1. The Morgan fingerprint density at radius 2 is 2.06 bits per heavy atom. The Morgan fingerprint density at radius 3 is 2.67 bits per heavy atom. The zero-order chi connectivity index (χ0) is 13.6. The number of hydrogen-bond acceptors (Lipinski definition) is 3. The lowest BCUT2D eigenvalue weighted by Gasteiger charge is -2.05. The van der Waals surface area contributed by atoms with Gasteiger partial charge in [-0.3, -0.25) is 4.79 Å². The van der Waals surface area contributed by atoms with Crippen molar-refractivity contribution in [3.05, 3.63) is 35.4 Å². The smallest absolute Gasteiger partial charge is 0.221 e. The van der Waals surface area contributed by atoms with Crippen molar-refractivity contribution < 1.29 is 13.2 Å². The molecule has 0 aliphatic heterocycles. The van der Waals surface area contributed by atoms with Crippen LogP contribution >= 0.6 is 0 Å². The first-order valence-electron chi connectivity index (χ1n) is 5.95. The van der Waals surface area contributed by atoms with E-state index in [2.05, 4.69) is 5.32 Å². The maximum absolute atomic E-state index is 11.8. The molecule has 1 N–H and O–H groups in total. The summed E-state index contributed by atoms with van der Waals surface area (Å²) in [7, 11) is -3.23. The molecule has 0 saturated heterocycles. The van der Waals surface area contributed by atoms with E-state index in [-0.39, 0.29) is 23.8 Å². The summed E-state index contributed by atoms with van der Waals surface area (Å²) in [5.74, 6) is -0.328. The van der Waals surface area contributed by atoms with Crippen molar-refractivity contribution in [3.8, 4) is 0 Å². The Kier molecular flexibility index (Phi) is 5.34. The van der Waals surface area contributed by atoms with E-state index in [1.807, 2.05) is 25.1 Å². The molecule has 0 saturated carbocycles. The topological polar surface area (TPSA) is 63.2 Å². The van der Waals surface area contributed by atoms with E-state index in [9.17, 15) is 13.2 Å². The van der Waals surface area contributed by atoms with Gasteiger partial charge >= 0.3 is 0 Å². The Labute approximate surface area is 108 Å². The second-order valence-corrected chi connectivity index (χ2v) is 6.47. The number of hydrogen-bond donors (Lipinski definition) is 1. The number of benzene rings is 1. The van der Waals surface area contributed by atoms with E-state index >= 15 is 0 Å². The molecule has 0 bridgehead atoms. The predicted octanol–water partition coefficient (Wildman–Crippen LogP) is 1.44. The molecule has 0 radical (unpaired) electrons. The monoisotopic (exact) mass is 269 g/mol. The Morgan fingerprint density at radius 1 is 1.33 bits per heavy atom. The fourth-order valence-corrected chi connectivity index (χ4v) is 2.99. The molecular formula is C13H19NO3S. The summed E-state index contributed by atoms with van der Waals surface area (Å²) in [6.07, 6.45) is 0.0298. The van der Waals surface area contributed by atoms with Gasteiger partial charge in [-0.15, -0.1) is 0 Å². The first-order chi connectivity index (χ1) is 8.43. The summed E-state index contributed by atoms with van der Waals surface area (Å²) in [6, 6.07) is 7.40. The molecule has 1 rings (SSSR count). The lowest BCUT2D eigenvalue weighted by molar-refractivity contribution is -0.120. The number of sulfone groups is 1. The molecule has 1 amide bonds. The van der Waals surface area contributed by atoms with Crippen LogP contribution in [0.5, 0.6) is 0 Å². The van der Waals surface area contributed by atoms with Crippen molar-refractivity contribution in [1.82, 2.24) is 5.32 Å². The van der Waals surface area contributed by atoms with Crippen molar-refractivity contribution in [3.63, 3.8) is 0 Å².